The first-order chi connectivity index (χ1) is 12.3. The molecule has 0 heterocycles. The largest absolute Gasteiger partial charge is 0.482 e. The molecule has 12 heteroatoms. The molecule has 0 aliphatic carbocycles. The number of hydrogen-bond donors (Lipinski definition) is 1. The lowest BCUT2D eigenvalue weighted by Crippen LogP contribution is -2.39. The van der Waals surface area contributed by atoms with Gasteiger partial charge < -0.3 is 33.5 Å². The third-order valence-corrected chi connectivity index (χ3v) is 2.56. The maximum absolute atomic E-state index is 12.4. The normalized spacial score (nSPS) is 12.7. The number of rotatable bonds is 18. The summed E-state index contributed by atoms with van der Waals surface area (Å²) in [6, 6.07) is 0. The van der Waals surface area contributed by atoms with Gasteiger partial charge in [-0.3, -0.25) is 0 Å². The molecule has 0 saturated heterocycles. The lowest BCUT2D eigenvalue weighted by molar-refractivity contribution is -0.392. The molecule has 0 fully saturated rings. The molecule has 26 heavy (non-hydrogen) atoms. The van der Waals surface area contributed by atoms with Gasteiger partial charge in [0.25, 0.3) is 0 Å². The zero-order chi connectivity index (χ0) is 19.7. The van der Waals surface area contributed by atoms with Crippen LogP contribution in [-0.4, -0.2) is 96.7 Å². The van der Waals surface area contributed by atoms with Gasteiger partial charge in [-0.15, -0.1) is 0 Å². The minimum Gasteiger partial charge on any atom is -0.394 e. The van der Waals surface area contributed by atoms with Crippen LogP contribution >= 0.6 is 0 Å². The first-order valence-electron chi connectivity index (χ1n) is 7.89. The van der Waals surface area contributed by atoms with Crippen LogP contribution in [0.25, 0.3) is 0 Å². The predicted octanol–water partition coefficient (Wildman–Crippen LogP) is 1.23. The molecule has 0 spiro atoms. The highest BCUT2D eigenvalue weighted by atomic mass is 19.4. The van der Waals surface area contributed by atoms with Gasteiger partial charge in [-0.25, -0.2) is 0 Å². The second-order valence-corrected chi connectivity index (χ2v) is 4.65. The molecular formula is C14H25F5O7. The van der Waals surface area contributed by atoms with E-state index in [1.54, 1.807) is 0 Å². The van der Waals surface area contributed by atoms with E-state index in [1.807, 2.05) is 0 Å². The van der Waals surface area contributed by atoms with Gasteiger partial charge in [0.1, 0.15) is 0 Å². The second kappa shape index (κ2) is 15.4. The molecule has 0 rings (SSSR count). The van der Waals surface area contributed by atoms with Crippen molar-refractivity contribution in [3.8, 4) is 0 Å². The first kappa shape index (κ1) is 25.4. The van der Waals surface area contributed by atoms with Crippen molar-refractivity contribution in [1.29, 1.82) is 0 Å². The Labute approximate surface area is 148 Å². The Kier molecular flexibility index (Phi) is 15.1. The van der Waals surface area contributed by atoms with Crippen LogP contribution in [0, 0.1) is 0 Å². The highest BCUT2D eigenvalue weighted by molar-refractivity contribution is 4.63. The predicted molar refractivity (Wildman–Crippen MR) is 78.1 cm³/mol. The van der Waals surface area contributed by atoms with Gasteiger partial charge >= 0.3 is 12.3 Å². The SMILES string of the molecule is OCCOCCOCCOCCOCCOCCOC(F)(F)C(F)(F)F. The molecule has 0 radical (unpaired) electrons. The van der Waals surface area contributed by atoms with Crippen LogP contribution in [0.1, 0.15) is 0 Å². The van der Waals surface area contributed by atoms with Crippen molar-refractivity contribution >= 4 is 0 Å². The van der Waals surface area contributed by atoms with Crippen molar-refractivity contribution in [3.05, 3.63) is 0 Å². The Morgan fingerprint density at radius 1 is 0.500 bits per heavy atom. The summed E-state index contributed by atoms with van der Waals surface area (Å²) in [7, 11) is 0. The zero-order valence-electron chi connectivity index (χ0n) is 14.3. The molecule has 0 aliphatic heterocycles. The summed E-state index contributed by atoms with van der Waals surface area (Å²) in [6.45, 7) is 1.22. The van der Waals surface area contributed by atoms with Crippen LogP contribution in [0.2, 0.25) is 0 Å². The highest BCUT2D eigenvalue weighted by Gasteiger charge is 2.59. The fourth-order valence-electron chi connectivity index (χ4n) is 1.36. The van der Waals surface area contributed by atoms with Gasteiger partial charge in [-0.2, -0.15) is 22.0 Å². The van der Waals surface area contributed by atoms with E-state index < -0.39 is 25.5 Å². The molecule has 1 N–H and O–H groups in total. The summed E-state index contributed by atoms with van der Waals surface area (Å²) in [4.78, 5) is 0. The maximum Gasteiger partial charge on any atom is 0.482 e. The molecule has 0 atom stereocenters. The Bertz CT molecular complexity index is 319. The molecule has 158 valence electrons. The number of hydrogen-bond acceptors (Lipinski definition) is 7. The van der Waals surface area contributed by atoms with E-state index in [1.165, 1.54) is 0 Å². The van der Waals surface area contributed by atoms with Gasteiger partial charge in [0.05, 0.1) is 79.3 Å². The number of aliphatic hydroxyl groups is 1. The van der Waals surface area contributed by atoms with Crippen LogP contribution in [0.4, 0.5) is 22.0 Å². The van der Waals surface area contributed by atoms with Crippen LogP contribution in [0.15, 0.2) is 0 Å². The fourth-order valence-corrected chi connectivity index (χ4v) is 1.36. The average molecular weight is 400 g/mol. The third-order valence-electron chi connectivity index (χ3n) is 2.56. The van der Waals surface area contributed by atoms with Crippen molar-refractivity contribution in [2.45, 2.75) is 12.3 Å². The van der Waals surface area contributed by atoms with Crippen molar-refractivity contribution in [3.63, 3.8) is 0 Å². The summed E-state index contributed by atoms with van der Waals surface area (Å²) in [6.07, 6.45) is -10.9. The van der Waals surface area contributed by atoms with Gasteiger partial charge in [0, 0.05) is 0 Å². The molecular weight excluding hydrogens is 375 g/mol. The van der Waals surface area contributed by atoms with Crippen LogP contribution < -0.4 is 0 Å². The van der Waals surface area contributed by atoms with Crippen molar-refractivity contribution in [2.75, 3.05) is 79.3 Å². The lowest BCUT2D eigenvalue weighted by Gasteiger charge is -2.19. The van der Waals surface area contributed by atoms with Gasteiger partial charge in [-0.1, -0.05) is 0 Å². The Hall–Kier alpha value is -0.630. The van der Waals surface area contributed by atoms with E-state index >= 15 is 0 Å². The quantitative estimate of drug-likeness (QED) is 0.274. The number of aliphatic hydroxyl groups excluding tert-OH is 1. The Morgan fingerprint density at radius 3 is 1.12 bits per heavy atom. The van der Waals surface area contributed by atoms with Crippen molar-refractivity contribution < 1.29 is 55.5 Å². The molecule has 0 saturated carbocycles. The topological polar surface area (TPSA) is 75.6 Å². The Morgan fingerprint density at radius 2 is 0.808 bits per heavy atom. The zero-order valence-corrected chi connectivity index (χ0v) is 14.3. The smallest absolute Gasteiger partial charge is 0.394 e. The van der Waals surface area contributed by atoms with Crippen LogP contribution in [-0.2, 0) is 28.4 Å². The van der Waals surface area contributed by atoms with E-state index in [0.29, 0.717) is 33.0 Å². The molecule has 7 nitrogen and oxygen atoms in total. The summed E-state index contributed by atoms with van der Waals surface area (Å²) in [5.41, 5.74) is 0. The van der Waals surface area contributed by atoms with E-state index in [0.717, 1.165) is 0 Å². The van der Waals surface area contributed by atoms with Crippen LogP contribution in [0.3, 0.4) is 0 Å². The van der Waals surface area contributed by atoms with Crippen molar-refractivity contribution in [2.24, 2.45) is 0 Å². The summed E-state index contributed by atoms with van der Waals surface area (Å²) < 4.78 is 88.7. The summed E-state index contributed by atoms with van der Waals surface area (Å²) in [5.74, 6) is 0. The molecule has 0 aromatic carbocycles. The van der Waals surface area contributed by atoms with E-state index in [-0.39, 0.29) is 33.0 Å². The average Bonchev–Trinajstić information content (AvgIpc) is 2.56. The van der Waals surface area contributed by atoms with Crippen LogP contribution in [0.5, 0.6) is 0 Å². The fraction of sp³-hybridized carbons (Fsp3) is 1.00. The maximum atomic E-state index is 12.4. The first-order valence-corrected chi connectivity index (χ1v) is 7.89. The monoisotopic (exact) mass is 400 g/mol. The van der Waals surface area contributed by atoms with Gasteiger partial charge in [0.2, 0.25) is 0 Å². The number of alkyl halides is 5. The molecule has 0 amide bonds. The molecule has 0 aromatic rings. The van der Waals surface area contributed by atoms with E-state index in [4.69, 9.17) is 28.8 Å². The lowest BCUT2D eigenvalue weighted by atomic mass is 10.6. The van der Waals surface area contributed by atoms with E-state index in [9.17, 15) is 22.0 Å². The summed E-state index contributed by atoms with van der Waals surface area (Å²) in [5, 5.41) is 8.46. The van der Waals surface area contributed by atoms with Gasteiger partial charge in [0.15, 0.2) is 0 Å². The van der Waals surface area contributed by atoms with Crippen molar-refractivity contribution in [1.82, 2.24) is 0 Å². The van der Waals surface area contributed by atoms with E-state index in [2.05, 4.69) is 4.74 Å². The van der Waals surface area contributed by atoms with Gasteiger partial charge in [-0.05, 0) is 0 Å². The third kappa shape index (κ3) is 14.5. The molecule has 0 bridgehead atoms. The second-order valence-electron chi connectivity index (χ2n) is 4.65. The summed E-state index contributed by atoms with van der Waals surface area (Å²) >= 11 is 0. The standard InChI is InChI=1S/C14H25F5O7/c15-13(16,17)14(18,19)26-12-11-25-10-9-24-8-7-23-6-5-22-4-3-21-2-1-20/h20H,1-12H2. The minimum atomic E-state index is -5.74. The number of ether oxygens (including phenoxy) is 6. The number of halogens is 5. The Balaban J connectivity index is 3.21. The minimum absolute atomic E-state index is 0.0257. The molecule has 0 aromatic heterocycles. The molecule has 0 aliphatic rings. The highest BCUT2D eigenvalue weighted by Crippen LogP contribution is 2.35. The molecule has 0 unspecified atom stereocenters.